The van der Waals surface area contributed by atoms with Crippen LogP contribution in [0.4, 0.5) is 5.69 Å². The number of amides is 1. The Balaban J connectivity index is 1.97. The molecule has 0 bridgehead atoms. The van der Waals surface area contributed by atoms with E-state index in [-0.39, 0.29) is 5.91 Å². The Hall–Kier alpha value is -1.39. The summed E-state index contributed by atoms with van der Waals surface area (Å²) in [6.07, 6.45) is 3.97. The lowest BCUT2D eigenvalue weighted by atomic mass is 10.2. The highest BCUT2D eigenvalue weighted by Gasteiger charge is 2.05. The molecule has 1 N–H and O–H groups in total. The fourth-order valence-corrected chi connectivity index (χ4v) is 2.52. The fourth-order valence-electron chi connectivity index (χ4n) is 1.70. The Labute approximate surface area is 121 Å². The van der Waals surface area contributed by atoms with Gasteiger partial charge in [-0.25, -0.2) is 4.98 Å². The normalized spacial score (nSPS) is 10.4. The van der Waals surface area contributed by atoms with Crippen molar-refractivity contribution in [1.82, 2.24) is 4.98 Å². The third-order valence-corrected chi connectivity index (χ3v) is 3.70. The van der Waals surface area contributed by atoms with Gasteiger partial charge in [0.05, 0.1) is 0 Å². The molecule has 100 valence electrons. The van der Waals surface area contributed by atoms with Crippen LogP contribution < -0.4 is 5.32 Å². The van der Waals surface area contributed by atoms with E-state index in [1.54, 1.807) is 17.5 Å². The van der Waals surface area contributed by atoms with E-state index >= 15 is 0 Å². The van der Waals surface area contributed by atoms with Crippen molar-refractivity contribution in [3.63, 3.8) is 0 Å². The van der Waals surface area contributed by atoms with Gasteiger partial charge in [0.25, 0.3) is 0 Å². The highest BCUT2D eigenvalue weighted by atomic mass is 35.5. The van der Waals surface area contributed by atoms with Gasteiger partial charge < -0.3 is 5.32 Å². The predicted octanol–water partition coefficient (Wildman–Crippen LogP) is 4.16. The van der Waals surface area contributed by atoms with E-state index in [1.165, 1.54) is 0 Å². The first-order valence-electron chi connectivity index (χ1n) is 6.15. The topological polar surface area (TPSA) is 42.0 Å². The molecule has 0 unspecified atom stereocenters. The Morgan fingerprint density at radius 3 is 3.00 bits per heavy atom. The number of anilines is 1. The molecule has 0 fully saturated rings. The number of carbonyl (C=O) groups excluding carboxylic acids is 1. The lowest BCUT2D eigenvalue weighted by Crippen LogP contribution is -2.11. The second-order valence-electron chi connectivity index (χ2n) is 4.11. The number of hydrogen-bond donors (Lipinski definition) is 1. The highest BCUT2D eigenvalue weighted by Crippen LogP contribution is 2.24. The number of rotatable bonds is 6. The molecule has 0 aliphatic rings. The van der Waals surface area contributed by atoms with Gasteiger partial charge in [0.1, 0.15) is 5.01 Å². The smallest absolute Gasteiger partial charge is 0.224 e. The summed E-state index contributed by atoms with van der Waals surface area (Å²) in [5, 5.41) is 5.79. The third kappa shape index (κ3) is 4.33. The summed E-state index contributed by atoms with van der Waals surface area (Å²) in [7, 11) is 0. The van der Waals surface area contributed by atoms with Gasteiger partial charge in [-0.2, -0.15) is 0 Å². The summed E-state index contributed by atoms with van der Waals surface area (Å²) >= 11 is 7.17. The zero-order valence-corrected chi connectivity index (χ0v) is 12.0. The lowest BCUT2D eigenvalue weighted by molar-refractivity contribution is -0.116. The molecule has 3 nitrogen and oxygen atoms in total. The van der Waals surface area contributed by atoms with Gasteiger partial charge in [-0.3, -0.25) is 4.79 Å². The summed E-state index contributed by atoms with van der Waals surface area (Å²) in [5.74, 6) is 0.633. The van der Waals surface area contributed by atoms with Crippen molar-refractivity contribution >= 4 is 34.5 Å². The highest BCUT2D eigenvalue weighted by molar-refractivity contribution is 7.13. The van der Waals surface area contributed by atoms with Gasteiger partial charge in [0.15, 0.2) is 0 Å². The van der Waals surface area contributed by atoms with Gasteiger partial charge >= 0.3 is 0 Å². The predicted molar refractivity (Wildman–Crippen MR) is 80.8 cm³/mol. The summed E-state index contributed by atoms with van der Waals surface area (Å²) < 4.78 is 0. The maximum Gasteiger partial charge on any atom is 0.224 e. The fraction of sp³-hybridized carbons (Fsp3) is 0.286. The Bertz CT molecular complexity index is 528. The number of nitrogens with one attached hydrogen (secondary N) is 1. The molecule has 0 saturated carbocycles. The number of carbonyl (C=O) groups is 1. The number of alkyl halides is 1. The van der Waals surface area contributed by atoms with Crippen LogP contribution in [0.1, 0.15) is 19.3 Å². The van der Waals surface area contributed by atoms with Crippen LogP contribution in [0.2, 0.25) is 0 Å². The quantitative estimate of drug-likeness (QED) is 0.642. The van der Waals surface area contributed by atoms with E-state index in [0.717, 1.165) is 29.1 Å². The Kier molecular flexibility index (Phi) is 5.36. The van der Waals surface area contributed by atoms with Crippen molar-refractivity contribution in [3.8, 4) is 10.6 Å². The molecule has 1 aromatic heterocycles. The molecule has 5 heteroatoms. The molecule has 1 amide bonds. The van der Waals surface area contributed by atoms with Crippen molar-refractivity contribution in [2.75, 3.05) is 11.2 Å². The molecule has 2 aromatic rings. The molecule has 0 spiro atoms. The van der Waals surface area contributed by atoms with E-state index in [9.17, 15) is 4.79 Å². The number of nitrogens with zero attached hydrogens (tertiary/aromatic N) is 1. The number of thiazole rings is 1. The van der Waals surface area contributed by atoms with E-state index in [1.807, 2.05) is 29.6 Å². The number of unbranched alkanes of at least 4 members (excludes halogenated alkanes) is 1. The average molecular weight is 295 g/mol. The molecule has 0 aliphatic heterocycles. The minimum Gasteiger partial charge on any atom is -0.326 e. The lowest BCUT2D eigenvalue weighted by Gasteiger charge is -2.06. The molecular formula is C14H15ClN2OS. The summed E-state index contributed by atoms with van der Waals surface area (Å²) in [5.41, 5.74) is 1.83. The maximum absolute atomic E-state index is 11.7. The second kappa shape index (κ2) is 7.26. The van der Waals surface area contributed by atoms with Crippen LogP contribution in [0, 0.1) is 0 Å². The molecular weight excluding hydrogens is 280 g/mol. The van der Waals surface area contributed by atoms with Crippen LogP contribution in [0.5, 0.6) is 0 Å². The molecule has 0 radical (unpaired) electrons. The maximum atomic E-state index is 11.7. The number of halogens is 1. The molecule has 2 rings (SSSR count). The largest absolute Gasteiger partial charge is 0.326 e. The van der Waals surface area contributed by atoms with Crippen LogP contribution in [0.15, 0.2) is 35.8 Å². The van der Waals surface area contributed by atoms with E-state index in [4.69, 9.17) is 11.6 Å². The van der Waals surface area contributed by atoms with E-state index in [0.29, 0.717) is 12.3 Å². The first kappa shape index (κ1) is 14.0. The van der Waals surface area contributed by atoms with Crippen LogP contribution in [0.25, 0.3) is 10.6 Å². The molecule has 19 heavy (non-hydrogen) atoms. The summed E-state index contributed by atoms with van der Waals surface area (Å²) in [6.45, 7) is 0. The van der Waals surface area contributed by atoms with Gasteiger partial charge in [0.2, 0.25) is 5.91 Å². The standard InChI is InChI=1S/C14H15ClN2OS/c15-7-2-1-6-13(18)17-12-5-3-4-11(10-12)14-16-8-9-19-14/h3-5,8-10H,1-2,6-7H2,(H,17,18). The summed E-state index contributed by atoms with van der Waals surface area (Å²) in [4.78, 5) is 16.0. The Morgan fingerprint density at radius 2 is 2.26 bits per heavy atom. The minimum absolute atomic E-state index is 0.0291. The van der Waals surface area contributed by atoms with Gasteiger partial charge in [-0.15, -0.1) is 22.9 Å². The van der Waals surface area contributed by atoms with Gasteiger partial charge in [-0.1, -0.05) is 12.1 Å². The van der Waals surface area contributed by atoms with Crippen LogP contribution >= 0.6 is 22.9 Å². The van der Waals surface area contributed by atoms with Crippen molar-refractivity contribution in [1.29, 1.82) is 0 Å². The third-order valence-electron chi connectivity index (χ3n) is 2.61. The monoisotopic (exact) mass is 294 g/mol. The Morgan fingerprint density at radius 1 is 1.37 bits per heavy atom. The molecule has 1 aromatic carbocycles. The van der Waals surface area contributed by atoms with Gasteiger partial charge in [-0.05, 0) is 25.0 Å². The van der Waals surface area contributed by atoms with Gasteiger partial charge in [0, 0.05) is 35.1 Å². The van der Waals surface area contributed by atoms with Crippen molar-refractivity contribution in [3.05, 3.63) is 35.8 Å². The molecule has 0 atom stereocenters. The second-order valence-corrected chi connectivity index (χ2v) is 5.38. The van der Waals surface area contributed by atoms with Crippen LogP contribution in [-0.2, 0) is 4.79 Å². The van der Waals surface area contributed by atoms with Crippen LogP contribution in [-0.4, -0.2) is 16.8 Å². The minimum atomic E-state index is 0.0291. The van der Waals surface area contributed by atoms with E-state index in [2.05, 4.69) is 10.3 Å². The van der Waals surface area contributed by atoms with E-state index < -0.39 is 0 Å². The van der Waals surface area contributed by atoms with Crippen LogP contribution in [0.3, 0.4) is 0 Å². The molecule has 0 aliphatic carbocycles. The molecule has 1 heterocycles. The number of benzene rings is 1. The first-order valence-corrected chi connectivity index (χ1v) is 7.57. The molecule has 0 saturated heterocycles. The first-order chi connectivity index (χ1) is 9.29. The van der Waals surface area contributed by atoms with Crippen molar-refractivity contribution in [2.45, 2.75) is 19.3 Å². The zero-order chi connectivity index (χ0) is 13.5. The average Bonchev–Trinajstić information content (AvgIpc) is 2.93. The zero-order valence-electron chi connectivity index (χ0n) is 10.4. The van der Waals surface area contributed by atoms with Crippen molar-refractivity contribution < 1.29 is 4.79 Å². The number of aromatic nitrogens is 1. The summed E-state index contributed by atoms with van der Waals surface area (Å²) in [6, 6.07) is 7.74. The SMILES string of the molecule is O=C(CCCCCl)Nc1cccc(-c2nccs2)c1. The number of hydrogen-bond acceptors (Lipinski definition) is 3. The van der Waals surface area contributed by atoms with Crippen molar-refractivity contribution in [2.24, 2.45) is 0 Å².